The summed E-state index contributed by atoms with van der Waals surface area (Å²) in [7, 11) is 0. The SMILES string of the molecule is CCCCc1c(C)nc2nc(SCC(=O)NCC#Cc3cccc(C(F)(F)F)c3)nn2c1C. The molecular formula is C23H24F3N5OS. The number of aromatic nitrogens is 4. The van der Waals surface area contributed by atoms with Crippen molar-refractivity contribution in [3.05, 3.63) is 52.3 Å². The van der Waals surface area contributed by atoms with E-state index in [1.54, 1.807) is 4.52 Å². The highest BCUT2D eigenvalue weighted by Crippen LogP contribution is 2.29. The van der Waals surface area contributed by atoms with Gasteiger partial charge in [0.15, 0.2) is 0 Å². The Hall–Kier alpha value is -3.06. The van der Waals surface area contributed by atoms with E-state index in [0.29, 0.717) is 10.9 Å². The first-order valence-corrected chi connectivity index (χ1v) is 11.5. The minimum absolute atomic E-state index is 0.0227. The number of hydrogen-bond donors (Lipinski definition) is 1. The minimum Gasteiger partial charge on any atom is -0.344 e. The summed E-state index contributed by atoms with van der Waals surface area (Å²) in [6.45, 7) is 6.12. The van der Waals surface area contributed by atoms with Gasteiger partial charge in [-0.1, -0.05) is 43.0 Å². The zero-order chi connectivity index (χ0) is 24.0. The van der Waals surface area contributed by atoms with Crippen LogP contribution in [0.15, 0.2) is 29.4 Å². The van der Waals surface area contributed by atoms with Crippen LogP contribution in [0.5, 0.6) is 0 Å². The first-order valence-electron chi connectivity index (χ1n) is 10.5. The van der Waals surface area contributed by atoms with Gasteiger partial charge in [0.1, 0.15) is 0 Å². The molecular weight excluding hydrogens is 451 g/mol. The van der Waals surface area contributed by atoms with Gasteiger partial charge >= 0.3 is 6.18 Å². The van der Waals surface area contributed by atoms with Crippen molar-refractivity contribution in [3.8, 4) is 11.8 Å². The highest BCUT2D eigenvalue weighted by atomic mass is 32.2. The van der Waals surface area contributed by atoms with Gasteiger partial charge in [0.05, 0.1) is 17.9 Å². The predicted octanol–water partition coefficient (Wildman–Crippen LogP) is 4.36. The molecule has 6 nitrogen and oxygen atoms in total. The van der Waals surface area contributed by atoms with Crippen LogP contribution in [-0.2, 0) is 17.4 Å². The van der Waals surface area contributed by atoms with E-state index < -0.39 is 11.7 Å². The Bertz CT molecular complexity index is 1210. The Morgan fingerprint density at radius 1 is 1.24 bits per heavy atom. The van der Waals surface area contributed by atoms with E-state index in [0.717, 1.165) is 42.8 Å². The van der Waals surface area contributed by atoms with E-state index in [9.17, 15) is 18.0 Å². The van der Waals surface area contributed by atoms with Gasteiger partial charge in [0.2, 0.25) is 11.1 Å². The summed E-state index contributed by atoms with van der Waals surface area (Å²) in [5, 5.41) is 7.53. The molecule has 3 aromatic rings. The molecule has 10 heteroatoms. The number of nitrogens with zero attached hydrogens (tertiary/aromatic N) is 4. The Labute approximate surface area is 194 Å². The van der Waals surface area contributed by atoms with Gasteiger partial charge in [-0.2, -0.15) is 18.2 Å². The standard InChI is InChI=1S/C23H24F3N5OS/c1-4-5-11-19-15(2)28-21-29-22(30-31(21)16(19)3)33-14-20(32)27-12-7-9-17-8-6-10-18(13-17)23(24,25)26/h6,8,10,13H,4-5,11-12,14H2,1-3H3,(H,27,32). The first-order chi connectivity index (χ1) is 15.7. The second kappa shape index (κ2) is 10.7. The summed E-state index contributed by atoms with van der Waals surface area (Å²) in [6, 6.07) is 4.75. The molecule has 0 saturated carbocycles. The van der Waals surface area contributed by atoms with Crippen LogP contribution in [0.2, 0.25) is 0 Å². The Kier molecular flexibility index (Phi) is 7.97. The van der Waals surface area contributed by atoms with Crippen molar-refractivity contribution in [2.24, 2.45) is 0 Å². The summed E-state index contributed by atoms with van der Waals surface area (Å²) < 4.78 is 39.9. The third-order valence-corrected chi connectivity index (χ3v) is 5.78. The molecule has 1 amide bonds. The number of carbonyl (C=O) groups excluding carboxylic acids is 1. The summed E-state index contributed by atoms with van der Waals surface area (Å²) in [6.07, 6.45) is -1.32. The fourth-order valence-electron chi connectivity index (χ4n) is 3.21. The van der Waals surface area contributed by atoms with E-state index >= 15 is 0 Å². The molecule has 2 aromatic heterocycles. The smallest absolute Gasteiger partial charge is 0.344 e. The number of rotatable bonds is 7. The summed E-state index contributed by atoms with van der Waals surface area (Å²) >= 11 is 1.18. The number of fused-ring (bicyclic) bond motifs is 1. The maximum absolute atomic E-state index is 12.7. The average molecular weight is 476 g/mol. The molecule has 174 valence electrons. The molecule has 1 N–H and O–H groups in total. The number of aryl methyl sites for hydroxylation is 2. The van der Waals surface area contributed by atoms with Gasteiger partial charge in [-0.25, -0.2) is 9.50 Å². The van der Waals surface area contributed by atoms with Crippen molar-refractivity contribution in [2.75, 3.05) is 12.3 Å². The average Bonchev–Trinajstić information content (AvgIpc) is 3.18. The number of unbranched alkanes of at least 4 members (excludes halogenated alkanes) is 1. The molecule has 0 atom stereocenters. The molecule has 33 heavy (non-hydrogen) atoms. The second-order valence-corrected chi connectivity index (χ2v) is 8.36. The molecule has 0 saturated heterocycles. The van der Waals surface area contributed by atoms with Crippen LogP contribution in [0, 0.1) is 25.7 Å². The number of benzene rings is 1. The fraction of sp³-hybridized carbons (Fsp3) is 0.391. The van der Waals surface area contributed by atoms with Crippen LogP contribution in [0.25, 0.3) is 5.78 Å². The van der Waals surface area contributed by atoms with Crippen molar-refractivity contribution in [1.82, 2.24) is 24.9 Å². The third-order valence-electron chi connectivity index (χ3n) is 4.94. The second-order valence-electron chi connectivity index (χ2n) is 7.42. The number of hydrogen-bond acceptors (Lipinski definition) is 5. The van der Waals surface area contributed by atoms with Crippen molar-refractivity contribution in [1.29, 1.82) is 0 Å². The van der Waals surface area contributed by atoms with Gasteiger partial charge in [-0.3, -0.25) is 4.79 Å². The van der Waals surface area contributed by atoms with Gasteiger partial charge in [0.25, 0.3) is 5.78 Å². The van der Waals surface area contributed by atoms with E-state index in [2.05, 4.69) is 39.1 Å². The molecule has 0 bridgehead atoms. The molecule has 0 spiro atoms. The number of carbonyl (C=O) groups is 1. The molecule has 0 radical (unpaired) electrons. The molecule has 0 aliphatic rings. The van der Waals surface area contributed by atoms with Gasteiger partial charge < -0.3 is 5.32 Å². The number of amides is 1. The lowest BCUT2D eigenvalue weighted by molar-refractivity contribution is -0.137. The number of halogens is 3. The lowest BCUT2D eigenvalue weighted by Gasteiger charge is -2.09. The van der Waals surface area contributed by atoms with E-state index in [-0.39, 0.29) is 23.8 Å². The van der Waals surface area contributed by atoms with Crippen LogP contribution in [0.3, 0.4) is 0 Å². The predicted molar refractivity (Wildman–Crippen MR) is 121 cm³/mol. The van der Waals surface area contributed by atoms with Gasteiger partial charge in [-0.05, 0) is 50.5 Å². The molecule has 0 fully saturated rings. The van der Waals surface area contributed by atoms with Crippen molar-refractivity contribution < 1.29 is 18.0 Å². The number of alkyl halides is 3. The third kappa shape index (κ3) is 6.48. The fourth-order valence-corrected chi connectivity index (χ4v) is 3.86. The first kappa shape index (κ1) is 24.6. The van der Waals surface area contributed by atoms with Crippen LogP contribution in [0.4, 0.5) is 13.2 Å². The Morgan fingerprint density at radius 2 is 2.03 bits per heavy atom. The quantitative estimate of drug-likeness (QED) is 0.406. The Balaban J connectivity index is 1.55. The van der Waals surface area contributed by atoms with Crippen molar-refractivity contribution in [3.63, 3.8) is 0 Å². The Morgan fingerprint density at radius 3 is 2.76 bits per heavy atom. The van der Waals surface area contributed by atoms with Crippen LogP contribution in [0.1, 0.15) is 47.8 Å². The molecule has 2 heterocycles. The highest BCUT2D eigenvalue weighted by molar-refractivity contribution is 7.99. The minimum atomic E-state index is -4.42. The molecule has 3 rings (SSSR count). The molecule has 0 unspecified atom stereocenters. The van der Waals surface area contributed by atoms with E-state index in [4.69, 9.17) is 0 Å². The van der Waals surface area contributed by atoms with Crippen LogP contribution in [-0.4, -0.2) is 37.8 Å². The van der Waals surface area contributed by atoms with Gasteiger partial charge in [-0.15, -0.1) is 5.10 Å². The molecule has 0 aliphatic heterocycles. The largest absolute Gasteiger partial charge is 0.416 e. The normalized spacial score (nSPS) is 11.3. The zero-order valence-electron chi connectivity index (χ0n) is 18.6. The summed E-state index contributed by atoms with van der Waals surface area (Å²) in [5.41, 5.74) is 2.59. The summed E-state index contributed by atoms with van der Waals surface area (Å²) in [4.78, 5) is 21.0. The van der Waals surface area contributed by atoms with E-state index in [1.807, 2.05) is 13.8 Å². The lowest BCUT2D eigenvalue weighted by Crippen LogP contribution is -2.25. The highest BCUT2D eigenvalue weighted by Gasteiger charge is 2.30. The topological polar surface area (TPSA) is 72.2 Å². The van der Waals surface area contributed by atoms with Crippen molar-refractivity contribution in [2.45, 2.75) is 51.4 Å². The molecule has 0 aliphatic carbocycles. The maximum atomic E-state index is 12.7. The van der Waals surface area contributed by atoms with Gasteiger partial charge in [0, 0.05) is 17.0 Å². The van der Waals surface area contributed by atoms with Crippen molar-refractivity contribution >= 4 is 23.4 Å². The van der Waals surface area contributed by atoms with E-state index in [1.165, 1.54) is 29.5 Å². The van der Waals surface area contributed by atoms with Crippen LogP contribution < -0.4 is 5.32 Å². The lowest BCUT2D eigenvalue weighted by atomic mass is 10.1. The number of nitrogens with one attached hydrogen (secondary N) is 1. The summed E-state index contributed by atoms with van der Waals surface area (Å²) in [5.74, 6) is 5.60. The van der Waals surface area contributed by atoms with Crippen LogP contribution >= 0.6 is 11.8 Å². The molecule has 1 aromatic carbocycles. The monoisotopic (exact) mass is 475 g/mol. The zero-order valence-corrected chi connectivity index (χ0v) is 19.4. The number of thioether (sulfide) groups is 1. The maximum Gasteiger partial charge on any atom is 0.416 e.